The Labute approximate surface area is 185 Å². The third-order valence-corrected chi connectivity index (χ3v) is 5.71. The zero-order chi connectivity index (χ0) is 22.1. The minimum atomic E-state index is -0.979. The highest BCUT2D eigenvalue weighted by molar-refractivity contribution is 6.14. The van der Waals surface area contributed by atoms with E-state index in [-0.39, 0.29) is 11.5 Å². The molecule has 0 fully saturated rings. The molecule has 7 nitrogen and oxygen atoms in total. The molecule has 2 heterocycles. The first kappa shape index (κ1) is 19.8. The van der Waals surface area contributed by atoms with Crippen molar-refractivity contribution in [1.29, 1.82) is 0 Å². The van der Waals surface area contributed by atoms with Gasteiger partial charge in [0.1, 0.15) is 17.3 Å². The molecule has 0 amide bonds. The van der Waals surface area contributed by atoms with Gasteiger partial charge >= 0.3 is 5.97 Å². The van der Waals surface area contributed by atoms with Gasteiger partial charge in [-0.2, -0.15) is 5.10 Å². The molecule has 5 rings (SSSR count). The number of allylic oxidation sites excluding steroid dienone is 3. The van der Waals surface area contributed by atoms with Crippen molar-refractivity contribution in [2.45, 2.75) is 18.8 Å². The van der Waals surface area contributed by atoms with Crippen molar-refractivity contribution < 1.29 is 14.6 Å². The van der Waals surface area contributed by atoms with Crippen molar-refractivity contribution in [3.8, 4) is 5.75 Å². The standard InChI is InChI=1S/C25H22N4O3/c26-24-21-20(15-9-11-19(12-10-15)32-18-7-2-1-3-8-18)14-27-22(23(21)28-29-24)16-5-4-6-17(13-16)25(30)31/h2,4-13,20H,1,3,14H2,(H,30,31)(H3,26,28,29). The van der Waals surface area contributed by atoms with E-state index in [4.69, 9.17) is 15.5 Å². The van der Waals surface area contributed by atoms with Gasteiger partial charge in [-0.15, -0.1) is 0 Å². The van der Waals surface area contributed by atoms with Gasteiger partial charge in [0.25, 0.3) is 0 Å². The first-order valence-electron chi connectivity index (χ1n) is 10.5. The van der Waals surface area contributed by atoms with Crippen LogP contribution in [0, 0.1) is 0 Å². The summed E-state index contributed by atoms with van der Waals surface area (Å²) in [6, 6.07) is 14.7. The maximum atomic E-state index is 11.4. The minimum absolute atomic E-state index is 0.0574. The molecule has 1 unspecified atom stereocenters. The summed E-state index contributed by atoms with van der Waals surface area (Å²) in [6.45, 7) is 0.484. The van der Waals surface area contributed by atoms with E-state index in [1.807, 2.05) is 36.4 Å². The molecular formula is C25H22N4O3. The Kier molecular flexibility index (Phi) is 5.07. The average Bonchev–Trinajstić information content (AvgIpc) is 3.22. The molecule has 0 saturated heterocycles. The van der Waals surface area contributed by atoms with Crippen LogP contribution in [0.1, 0.15) is 51.5 Å². The molecule has 2 aliphatic rings. The highest BCUT2D eigenvalue weighted by Crippen LogP contribution is 2.36. The molecule has 1 atom stereocenters. The Morgan fingerprint density at radius 1 is 1.16 bits per heavy atom. The molecule has 1 aliphatic carbocycles. The van der Waals surface area contributed by atoms with E-state index in [0.29, 0.717) is 23.6 Å². The molecule has 7 heteroatoms. The second kappa shape index (κ2) is 8.19. The number of hydrogen-bond donors (Lipinski definition) is 3. The van der Waals surface area contributed by atoms with E-state index in [2.05, 4.69) is 22.3 Å². The quantitative estimate of drug-likeness (QED) is 0.563. The summed E-state index contributed by atoms with van der Waals surface area (Å²) in [4.78, 5) is 16.2. The molecule has 0 saturated carbocycles. The van der Waals surface area contributed by atoms with Crippen molar-refractivity contribution in [1.82, 2.24) is 10.2 Å². The number of aromatic carboxylic acids is 1. The maximum Gasteiger partial charge on any atom is 0.335 e. The summed E-state index contributed by atoms with van der Waals surface area (Å²) in [7, 11) is 0. The summed E-state index contributed by atoms with van der Waals surface area (Å²) >= 11 is 0. The fraction of sp³-hybridized carbons (Fsp3) is 0.160. The van der Waals surface area contributed by atoms with E-state index in [9.17, 15) is 9.90 Å². The molecule has 0 spiro atoms. The fourth-order valence-electron chi connectivity index (χ4n) is 4.13. The minimum Gasteiger partial charge on any atom is -0.478 e. The number of rotatable bonds is 5. The number of nitrogen functional groups attached to an aromatic ring is 1. The number of carbonyl (C=O) groups is 1. The van der Waals surface area contributed by atoms with Gasteiger partial charge in [-0.1, -0.05) is 30.3 Å². The van der Waals surface area contributed by atoms with Gasteiger partial charge in [-0.25, -0.2) is 4.79 Å². The first-order chi connectivity index (χ1) is 15.6. The third-order valence-electron chi connectivity index (χ3n) is 5.71. The van der Waals surface area contributed by atoms with Crippen molar-refractivity contribution in [2.24, 2.45) is 4.99 Å². The highest BCUT2D eigenvalue weighted by Gasteiger charge is 2.30. The summed E-state index contributed by atoms with van der Waals surface area (Å²) in [5.74, 6) is 1.02. The first-order valence-corrected chi connectivity index (χ1v) is 10.5. The lowest BCUT2D eigenvalue weighted by Crippen LogP contribution is -2.20. The molecule has 0 bridgehead atoms. The highest BCUT2D eigenvalue weighted by atomic mass is 16.5. The van der Waals surface area contributed by atoms with Gasteiger partial charge in [0.05, 0.1) is 23.5 Å². The molecule has 1 aromatic heterocycles. The van der Waals surface area contributed by atoms with Crippen LogP contribution in [0.5, 0.6) is 5.75 Å². The number of fused-ring (bicyclic) bond motifs is 1. The molecule has 4 N–H and O–H groups in total. The number of ether oxygens (including phenoxy) is 1. The van der Waals surface area contributed by atoms with E-state index in [1.54, 1.807) is 18.2 Å². The SMILES string of the molecule is Nc1n[nH]c2c1C(c1ccc(OC3=CCCC=C3)cc1)CN=C2c1cccc(C(=O)O)c1. The number of hydrogen-bond acceptors (Lipinski definition) is 5. The second-order valence-electron chi connectivity index (χ2n) is 7.78. The monoisotopic (exact) mass is 426 g/mol. The van der Waals surface area contributed by atoms with Crippen LogP contribution in [0.2, 0.25) is 0 Å². The Morgan fingerprint density at radius 2 is 2.00 bits per heavy atom. The molecular weight excluding hydrogens is 404 g/mol. The van der Waals surface area contributed by atoms with E-state index in [0.717, 1.165) is 41.2 Å². The van der Waals surface area contributed by atoms with Crippen molar-refractivity contribution in [3.05, 3.63) is 100 Å². The van der Waals surface area contributed by atoms with Crippen LogP contribution in [0.4, 0.5) is 5.82 Å². The number of nitrogens with one attached hydrogen (secondary N) is 1. The lowest BCUT2D eigenvalue weighted by molar-refractivity contribution is 0.0697. The Morgan fingerprint density at radius 3 is 2.75 bits per heavy atom. The smallest absolute Gasteiger partial charge is 0.335 e. The fourth-order valence-corrected chi connectivity index (χ4v) is 4.13. The number of aromatic nitrogens is 2. The topological polar surface area (TPSA) is 114 Å². The van der Waals surface area contributed by atoms with Crippen LogP contribution in [-0.2, 0) is 0 Å². The van der Waals surface area contributed by atoms with Gasteiger partial charge in [-0.05, 0) is 54.8 Å². The van der Waals surface area contributed by atoms with Crippen molar-refractivity contribution >= 4 is 17.5 Å². The molecule has 0 radical (unpaired) electrons. The summed E-state index contributed by atoms with van der Waals surface area (Å²) in [5.41, 5.74) is 10.5. The predicted octanol–water partition coefficient (Wildman–Crippen LogP) is 4.29. The normalized spacial score (nSPS) is 17.3. The van der Waals surface area contributed by atoms with Crippen molar-refractivity contribution in [2.75, 3.05) is 12.3 Å². The molecule has 160 valence electrons. The summed E-state index contributed by atoms with van der Waals surface area (Å²) < 4.78 is 5.94. The molecule has 1 aliphatic heterocycles. The number of nitrogens with zero attached hydrogens (tertiary/aromatic N) is 2. The van der Waals surface area contributed by atoms with Gasteiger partial charge in [0.2, 0.25) is 0 Å². The number of carboxylic acids is 1. The number of benzene rings is 2. The molecule has 3 aromatic rings. The Hall–Kier alpha value is -4.13. The summed E-state index contributed by atoms with van der Waals surface area (Å²) in [6.07, 6.45) is 8.22. The Bertz CT molecular complexity index is 1270. The van der Waals surface area contributed by atoms with Gasteiger partial charge < -0.3 is 15.6 Å². The number of aliphatic imine (C=N–C) groups is 1. The zero-order valence-corrected chi connectivity index (χ0v) is 17.3. The third kappa shape index (κ3) is 3.69. The number of carboxylic acid groups (broad SMARTS) is 1. The van der Waals surface area contributed by atoms with Gasteiger partial charge in [0.15, 0.2) is 0 Å². The van der Waals surface area contributed by atoms with E-state index in [1.165, 1.54) is 0 Å². The van der Waals surface area contributed by atoms with E-state index < -0.39 is 5.97 Å². The predicted molar refractivity (Wildman–Crippen MR) is 122 cm³/mol. The number of H-pyrrole nitrogens is 1. The second-order valence-corrected chi connectivity index (χ2v) is 7.78. The van der Waals surface area contributed by atoms with Crippen LogP contribution >= 0.6 is 0 Å². The molecule has 32 heavy (non-hydrogen) atoms. The van der Waals surface area contributed by atoms with E-state index >= 15 is 0 Å². The van der Waals surface area contributed by atoms with Gasteiger partial charge in [-0.3, -0.25) is 10.1 Å². The zero-order valence-electron chi connectivity index (χ0n) is 17.3. The summed E-state index contributed by atoms with van der Waals surface area (Å²) in [5, 5.41) is 16.5. The lowest BCUT2D eigenvalue weighted by atomic mass is 9.86. The Balaban J connectivity index is 1.44. The van der Waals surface area contributed by atoms with Crippen molar-refractivity contribution in [3.63, 3.8) is 0 Å². The maximum absolute atomic E-state index is 11.4. The largest absolute Gasteiger partial charge is 0.478 e. The number of aromatic amines is 1. The van der Waals surface area contributed by atoms with Crippen LogP contribution in [0.25, 0.3) is 0 Å². The number of nitrogens with two attached hydrogens (primary N) is 1. The van der Waals surface area contributed by atoms with Crippen LogP contribution in [0.3, 0.4) is 0 Å². The average molecular weight is 426 g/mol. The number of anilines is 1. The molecule has 2 aromatic carbocycles. The lowest BCUT2D eigenvalue weighted by Gasteiger charge is -2.23. The van der Waals surface area contributed by atoms with Gasteiger partial charge in [0, 0.05) is 17.0 Å². The van der Waals surface area contributed by atoms with Crippen LogP contribution in [-0.4, -0.2) is 33.5 Å². The van der Waals surface area contributed by atoms with Crippen LogP contribution in [0.15, 0.2) is 77.5 Å². The van der Waals surface area contributed by atoms with Crippen LogP contribution < -0.4 is 10.5 Å².